The van der Waals surface area contributed by atoms with Gasteiger partial charge in [0.25, 0.3) is 5.91 Å². The maximum atomic E-state index is 13.4. The number of hydrogen-bond donors (Lipinski definition) is 2. The monoisotopic (exact) mass is 434 g/mol. The van der Waals surface area contributed by atoms with E-state index in [1.165, 1.54) is 18.2 Å². The SMILES string of the molecule is CC(C)(C)c1ccc(C(=O)NC(CCS(C)(=O)=O)C(=O)Nc2cccc(F)c2)cc1. The molecule has 8 heteroatoms. The van der Waals surface area contributed by atoms with Gasteiger partial charge in [-0.2, -0.15) is 0 Å². The molecule has 6 nitrogen and oxygen atoms in total. The summed E-state index contributed by atoms with van der Waals surface area (Å²) < 4.78 is 36.5. The highest BCUT2D eigenvalue weighted by atomic mass is 32.2. The lowest BCUT2D eigenvalue weighted by Crippen LogP contribution is -2.44. The second kappa shape index (κ2) is 9.38. The van der Waals surface area contributed by atoms with Crippen LogP contribution in [0.4, 0.5) is 10.1 Å². The van der Waals surface area contributed by atoms with Crippen molar-refractivity contribution in [3.8, 4) is 0 Å². The van der Waals surface area contributed by atoms with Gasteiger partial charge >= 0.3 is 0 Å². The Morgan fingerprint density at radius 3 is 2.23 bits per heavy atom. The number of halogens is 1. The lowest BCUT2D eigenvalue weighted by atomic mass is 9.86. The van der Waals surface area contributed by atoms with Crippen LogP contribution >= 0.6 is 0 Å². The Labute approximate surface area is 176 Å². The van der Waals surface area contributed by atoms with Crippen LogP contribution in [0.2, 0.25) is 0 Å². The largest absolute Gasteiger partial charge is 0.340 e. The minimum absolute atomic E-state index is 0.0716. The lowest BCUT2D eigenvalue weighted by Gasteiger charge is -2.20. The van der Waals surface area contributed by atoms with Crippen molar-refractivity contribution in [2.24, 2.45) is 0 Å². The summed E-state index contributed by atoms with van der Waals surface area (Å²) in [7, 11) is -3.35. The number of carbonyl (C=O) groups excluding carboxylic acids is 2. The van der Waals surface area contributed by atoms with E-state index in [0.29, 0.717) is 5.56 Å². The quantitative estimate of drug-likeness (QED) is 0.699. The molecule has 0 saturated heterocycles. The maximum Gasteiger partial charge on any atom is 0.251 e. The van der Waals surface area contributed by atoms with Crippen LogP contribution in [-0.4, -0.2) is 38.3 Å². The summed E-state index contributed by atoms with van der Waals surface area (Å²) in [5.74, 6) is -1.92. The molecule has 0 radical (unpaired) electrons. The summed E-state index contributed by atoms with van der Waals surface area (Å²) >= 11 is 0. The Bertz CT molecular complexity index is 1010. The highest BCUT2D eigenvalue weighted by molar-refractivity contribution is 7.90. The molecule has 0 aliphatic carbocycles. The van der Waals surface area contributed by atoms with Gasteiger partial charge in [0.15, 0.2) is 0 Å². The number of nitrogens with one attached hydrogen (secondary N) is 2. The van der Waals surface area contributed by atoms with Crippen molar-refractivity contribution in [3.63, 3.8) is 0 Å². The molecule has 0 saturated carbocycles. The zero-order chi connectivity index (χ0) is 22.5. The summed E-state index contributed by atoms with van der Waals surface area (Å²) in [5, 5.41) is 5.11. The Hall–Kier alpha value is -2.74. The van der Waals surface area contributed by atoms with Crippen LogP contribution in [0.25, 0.3) is 0 Å². The van der Waals surface area contributed by atoms with Crippen LogP contribution < -0.4 is 10.6 Å². The highest BCUT2D eigenvalue weighted by Gasteiger charge is 2.24. The van der Waals surface area contributed by atoms with Gasteiger partial charge in [0.1, 0.15) is 21.7 Å². The second-order valence-electron chi connectivity index (χ2n) is 8.27. The Balaban J connectivity index is 2.17. The number of sulfone groups is 1. The zero-order valence-corrected chi connectivity index (χ0v) is 18.3. The number of amides is 2. The van der Waals surface area contributed by atoms with Crippen molar-refractivity contribution in [1.29, 1.82) is 0 Å². The van der Waals surface area contributed by atoms with Crippen LogP contribution in [0.3, 0.4) is 0 Å². The van der Waals surface area contributed by atoms with E-state index in [1.54, 1.807) is 12.1 Å². The standard InChI is InChI=1S/C22H27FN2O4S/c1-22(2,3)16-10-8-15(9-11-16)20(26)25-19(12-13-30(4,28)29)21(27)24-18-7-5-6-17(23)14-18/h5-11,14,19H,12-13H2,1-4H3,(H,24,27)(H,25,26). The molecule has 1 unspecified atom stereocenters. The molecule has 0 heterocycles. The number of anilines is 1. The van der Waals surface area contributed by atoms with Gasteiger partial charge in [0.2, 0.25) is 5.91 Å². The van der Waals surface area contributed by atoms with Crippen molar-refractivity contribution in [2.45, 2.75) is 38.6 Å². The third-order valence-corrected chi connectivity index (χ3v) is 5.48. The molecule has 2 aromatic rings. The van der Waals surface area contributed by atoms with Crippen LogP contribution in [0, 0.1) is 5.82 Å². The van der Waals surface area contributed by atoms with Gasteiger partial charge in [-0.25, -0.2) is 12.8 Å². The Morgan fingerprint density at radius 2 is 1.70 bits per heavy atom. The molecule has 0 fully saturated rings. The van der Waals surface area contributed by atoms with E-state index in [0.717, 1.165) is 17.9 Å². The molecule has 0 bridgehead atoms. The average molecular weight is 435 g/mol. The third kappa shape index (κ3) is 7.26. The smallest absolute Gasteiger partial charge is 0.251 e. The summed E-state index contributed by atoms with van der Waals surface area (Å²) in [6.45, 7) is 6.17. The molecule has 162 valence electrons. The molecule has 1 atom stereocenters. The van der Waals surface area contributed by atoms with Gasteiger partial charge in [-0.1, -0.05) is 39.0 Å². The van der Waals surface area contributed by atoms with Crippen LogP contribution in [0.15, 0.2) is 48.5 Å². The minimum Gasteiger partial charge on any atom is -0.340 e. The maximum absolute atomic E-state index is 13.4. The lowest BCUT2D eigenvalue weighted by molar-refractivity contribution is -0.118. The Morgan fingerprint density at radius 1 is 1.07 bits per heavy atom. The van der Waals surface area contributed by atoms with Gasteiger partial charge in [0, 0.05) is 17.5 Å². The van der Waals surface area contributed by atoms with E-state index in [4.69, 9.17) is 0 Å². The summed E-state index contributed by atoms with van der Waals surface area (Å²) in [6.07, 6.45) is 0.952. The van der Waals surface area contributed by atoms with Crippen molar-refractivity contribution < 1.29 is 22.4 Å². The molecule has 0 aliphatic rings. The highest BCUT2D eigenvalue weighted by Crippen LogP contribution is 2.22. The fourth-order valence-corrected chi connectivity index (χ4v) is 3.42. The first kappa shape index (κ1) is 23.5. The summed E-state index contributed by atoms with van der Waals surface area (Å²) in [5.41, 5.74) is 1.55. The van der Waals surface area contributed by atoms with Crippen LogP contribution in [0.5, 0.6) is 0 Å². The van der Waals surface area contributed by atoms with Crippen molar-refractivity contribution in [1.82, 2.24) is 5.32 Å². The molecule has 2 N–H and O–H groups in total. The normalized spacial score (nSPS) is 12.8. The van der Waals surface area contributed by atoms with E-state index < -0.39 is 33.5 Å². The molecule has 2 amide bonds. The minimum atomic E-state index is -3.35. The zero-order valence-electron chi connectivity index (χ0n) is 17.5. The topological polar surface area (TPSA) is 92.3 Å². The second-order valence-corrected chi connectivity index (χ2v) is 10.5. The van der Waals surface area contributed by atoms with Crippen LogP contribution in [0.1, 0.15) is 43.1 Å². The summed E-state index contributed by atoms with van der Waals surface area (Å²) in [6, 6.07) is 11.2. The van der Waals surface area contributed by atoms with Crippen LogP contribution in [-0.2, 0) is 20.0 Å². The van der Waals surface area contributed by atoms with E-state index in [-0.39, 0.29) is 23.3 Å². The first-order valence-electron chi connectivity index (χ1n) is 9.51. The van der Waals surface area contributed by atoms with E-state index >= 15 is 0 Å². The number of hydrogen-bond acceptors (Lipinski definition) is 4. The van der Waals surface area contributed by atoms with Crippen molar-refractivity contribution in [3.05, 3.63) is 65.5 Å². The van der Waals surface area contributed by atoms with Gasteiger partial charge in [-0.3, -0.25) is 9.59 Å². The van der Waals surface area contributed by atoms with Gasteiger partial charge in [-0.15, -0.1) is 0 Å². The molecule has 2 aromatic carbocycles. The fraction of sp³-hybridized carbons (Fsp3) is 0.364. The average Bonchev–Trinajstić information content (AvgIpc) is 2.63. The predicted molar refractivity (Wildman–Crippen MR) is 116 cm³/mol. The van der Waals surface area contributed by atoms with E-state index in [2.05, 4.69) is 31.4 Å². The molecule has 0 spiro atoms. The molecule has 0 aromatic heterocycles. The van der Waals surface area contributed by atoms with Gasteiger partial charge in [-0.05, 0) is 47.7 Å². The fourth-order valence-electron chi connectivity index (χ4n) is 2.76. The molecular formula is C22H27FN2O4S. The Kier molecular flexibility index (Phi) is 7.36. The van der Waals surface area contributed by atoms with E-state index in [1.807, 2.05) is 12.1 Å². The first-order chi connectivity index (χ1) is 13.8. The number of carbonyl (C=O) groups is 2. The van der Waals surface area contributed by atoms with Gasteiger partial charge in [0.05, 0.1) is 5.75 Å². The van der Waals surface area contributed by atoms with E-state index in [9.17, 15) is 22.4 Å². The summed E-state index contributed by atoms with van der Waals surface area (Å²) in [4.78, 5) is 25.3. The third-order valence-electron chi connectivity index (χ3n) is 4.50. The van der Waals surface area contributed by atoms with Crippen molar-refractivity contribution in [2.75, 3.05) is 17.3 Å². The number of benzene rings is 2. The molecule has 0 aliphatic heterocycles. The predicted octanol–water partition coefficient (Wildman–Crippen LogP) is 3.30. The van der Waals surface area contributed by atoms with Crippen molar-refractivity contribution >= 4 is 27.3 Å². The van der Waals surface area contributed by atoms with Gasteiger partial charge < -0.3 is 10.6 Å². The molecule has 2 rings (SSSR count). The number of rotatable bonds is 7. The molecule has 30 heavy (non-hydrogen) atoms. The molecular weight excluding hydrogens is 407 g/mol. The first-order valence-corrected chi connectivity index (χ1v) is 11.6.